The highest BCUT2D eigenvalue weighted by Crippen LogP contribution is 2.20. The number of hydrazone groups is 1. The van der Waals surface area contributed by atoms with E-state index in [-0.39, 0.29) is 18.4 Å². The molecule has 0 aliphatic rings. The van der Waals surface area contributed by atoms with Crippen LogP contribution in [0.1, 0.15) is 56.9 Å². The van der Waals surface area contributed by atoms with Crippen molar-refractivity contribution in [1.29, 1.82) is 0 Å². The van der Waals surface area contributed by atoms with Crippen molar-refractivity contribution >= 4 is 36.7 Å². The largest absolute Gasteiger partial charge is 0.462 e. The molecule has 1 unspecified atom stereocenters. The molecule has 0 saturated heterocycles. The lowest BCUT2D eigenvalue weighted by molar-refractivity contribution is -0.154. The maximum absolute atomic E-state index is 12.4. The summed E-state index contributed by atoms with van der Waals surface area (Å²) < 4.78 is 19.9. The molecule has 0 aliphatic carbocycles. The maximum atomic E-state index is 12.4. The third-order valence-corrected chi connectivity index (χ3v) is 8.03. The zero-order chi connectivity index (χ0) is 32.7. The number of nitrogens with one attached hydrogen (secondary N) is 1. The molecule has 1 heterocycles. The Hall–Kier alpha value is -4.02. The molecule has 0 bridgehead atoms. The van der Waals surface area contributed by atoms with E-state index in [9.17, 15) is 9.59 Å². The zero-order valence-corrected chi connectivity index (χ0v) is 28.4. The van der Waals surface area contributed by atoms with Crippen molar-refractivity contribution in [2.45, 2.75) is 65.0 Å². The quantitative estimate of drug-likeness (QED) is 0.0529. The minimum Gasteiger partial charge on any atom is -0.462 e. The molecule has 1 amide bonds. The Morgan fingerprint density at radius 1 is 1.02 bits per heavy atom. The van der Waals surface area contributed by atoms with Gasteiger partial charge in [0, 0.05) is 33.1 Å². The number of ether oxygens (including phenoxy) is 3. The Labute approximate surface area is 271 Å². The van der Waals surface area contributed by atoms with E-state index in [2.05, 4.69) is 20.7 Å². The molecule has 13 heteroatoms. The van der Waals surface area contributed by atoms with Crippen molar-refractivity contribution in [1.82, 2.24) is 25.1 Å². The third-order valence-electron chi connectivity index (χ3n) is 6.21. The van der Waals surface area contributed by atoms with Crippen molar-refractivity contribution in [3.8, 4) is 11.5 Å². The predicted octanol–water partition coefficient (Wildman–Crippen LogP) is 5.11. The average molecular weight is 655 g/mol. The minimum absolute atomic E-state index is 0.0951. The van der Waals surface area contributed by atoms with Crippen LogP contribution in [0.5, 0.6) is 11.5 Å². The topological polar surface area (TPSA) is 120 Å². The van der Waals surface area contributed by atoms with Crippen LogP contribution in [0.2, 0.25) is 0 Å². The number of amides is 1. The number of hydrogen-bond donors (Lipinski definition) is 1. The Morgan fingerprint density at radius 3 is 2.29 bits per heavy atom. The molecule has 3 aromatic rings. The predicted molar refractivity (Wildman–Crippen MR) is 180 cm³/mol. The molecule has 45 heavy (non-hydrogen) atoms. The summed E-state index contributed by atoms with van der Waals surface area (Å²) >= 11 is 5.25. The number of rotatable bonds is 17. The SMILES string of the molecule is CN(/N=C/c1ccc(OC=COc2ccc(CCNC(=O)Cn3cc(CCCCC(=O)OC(C)(C)C)nn3)cc2)cc1)[PH](C)=S. The smallest absolute Gasteiger partial charge is 0.306 e. The lowest BCUT2D eigenvalue weighted by atomic mass is 10.1. The highest BCUT2D eigenvalue weighted by molar-refractivity contribution is 8.03. The van der Waals surface area contributed by atoms with Gasteiger partial charge < -0.3 is 19.5 Å². The first-order chi connectivity index (χ1) is 21.5. The summed E-state index contributed by atoms with van der Waals surface area (Å²) in [6.07, 6.45) is 9.74. The Balaban J connectivity index is 1.29. The third kappa shape index (κ3) is 14.5. The first-order valence-electron chi connectivity index (χ1n) is 14.8. The van der Waals surface area contributed by atoms with E-state index in [0.29, 0.717) is 43.7 Å². The number of hydrogen-bond acceptors (Lipinski definition) is 9. The molecule has 11 nitrogen and oxygen atoms in total. The number of aromatic nitrogens is 3. The summed E-state index contributed by atoms with van der Waals surface area (Å²) in [5.41, 5.74) is 2.34. The van der Waals surface area contributed by atoms with Crippen LogP contribution in [0.3, 0.4) is 0 Å². The van der Waals surface area contributed by atoms with Gasteiger partial charge in [-0.2, -0.15) is 5.10 Å². The van der Waals surface area contributed by atoms with Gasteiger partial charge in [0.1, 0.15) is 36.2 Å². The number of carbonyl (C=O) groups is 2. The molecule has 2 aromatic carbocycles. The van der Waals surface area contributed by atoms with E-state index >= 15 is 0 Å². The average Bonchev–Trinajstić information content (AvgIpc) is 3.43. The van der Waals surface area contributed by atoms with Crippen LogP contribution in [0.25, 0.3) is 0 Å². The molecule has 242 valence electrons. The molecule has 0 aliphatic heterocycles. The van der Waals surface area contributed by atoms with Crippen LogP contribution in [-0.4, -0.2) is 63.7 Å². The second kappa shape index (κ2) is 18.1. The minimum atomic E-state index is -1.01. The molecule has 0 spiro atoms. The number of nitrogens with zero attached hydrogens (tertiary/aromatic N) is 5. The van der Waals surface area contributed by atoms with Crippen LogP contribution < -0.4 is 14.8 Å². The van der Waals surface area contributed by atoms with Crippen LogP contribution in [-0.2, 0) is 45.5 Å². The van der Waals surface area contributed by atoms with E-state index in [1.807, 2.05) is 87.8 Å². The lowest BCUT2D eigenvalue weighted by Crippen LogP contribution is -2.29. The first-order valence-corrected chi connectivity index (χ1v) is 17.9. The van der Waals surface area contributed by atoms with Crippen LogP contribution >= 0.6 is 6.85 Å². The number of carbonyl (C=O) groups excluding carboxylic acids is 2. The van der Waals surface area contributed by atoms with E-state index in [1.165, 1.54) is 17.2 Å². The standard InChI is InChI=1S/C32H43N6O5PS/c1-32(2,3)43-31(40)9-7-6-8-27-23-38(36-35-27)24-30(39)33-19-18-25-10-14-28(15-11-25)41-20-21-42-29-16-12-26(13-17-29)22-34-37(4)44(5)45/h10-17,20-23,44H,6-9,18-19,24H2,1-5H3,(H,33,39)/b21-20?,34-22+. The van der Waals surface area contributed by atoms with Crippen molar-refractivity contribution in [2.75, 3.05) is 20.3 Å². The van der Waals surface area contributed by atoms with Gasteiger partial charge >= 0.3 is 5.97 Å². The van der Waals surface area contributed by atoms with Crippen molar-refractivity contribution < 1.29 is 23.8 Å². The van der Waals surface area contributed by atoms with Crippen LogP contribution in [0.4, 0.5) is 0 Å². The van der Waals surface area contributed by atoms with Crippen LogP contribution in [0, 0.1) is 0 Å². The second-order valence-electron chi connectivity index (χ2n) is 11.3. The van der Waals surface area contributed by atoms with Gasteiger partial charge in [-0.05, 0) is 101 Å². The van der Waals surface area contributed by atoms with Gasteiger partial charge in [0.05, 0.1) is 11.9 Å². The highest BCUT2D eigenvalue weighted by atomic mass is 32.4. The normalized spacial score (nSPS) is 12.3. The summed E-state index contributed by atoms with van der Waals surface area (Å²) in [6.45, 7) is 7.15. The zero-order valence-electron chi connectivity index (χ0n) is 26.6. The molecule has 1 N–H and O–H groups in total. The molecule has 3 rings (SSSR count). The maximum Gasteiger partial charge on any atom is 0.306 e. The van der Waals surface area contributed by atoms with Gasteiger partial charge in [0.15, 0.2) is 0 Å². The Kier molecular flexibility index (Phi) is 14.2. The fourth-order valence-corrected chi connectivity index (χ4v) is 4.22. The number of esters is 1. The van der Waals surface area contributed by atoms with E-state index in [0.717, 1.165) is 23.2 Å². The summed E-state index contributed by atoms with van der Waals surface area (Å²) in [4.78, 5) is 24.2. The number of unbranched alkanes of at least 4 members (excludes halogenated alkanes) is 1. The molecule has 0 saturated carbocycles. The van der Waals surface area contributed by atoms with Gasteiger partial charge in [0.25, 0.3) is 0 Å². The number of benzene rings is 2. The fraction of sp³-hybridized carbons (Fsp3) is 0.406. The van der Waals surface area contributed by atoms with Gasteiger partial charge in [-0.3, -0.25) is 14.4 Å². The molecule has 1 aromatic heterocycles. The van der Waals surface area contributed by atoms with E-state index in [4.69, 9.17) is 26.0 Å². The molecule has 0 fully saturated rings. The van der Waals surface area contributed by atoms with Gasteiger partial charge in [-0.25, -0.2) is 4.68 Å². The van der Waals surface area contributed by atoms with E-state index < -0.39 is 12.4 Å². The monoisotopic (exact) mass is 654 g/mol. The lowest BCUT2D eigenvalue weighted by Gasteiger charge is -2.19. The van der Waals surface area contributed by atoms with Gasteiger partial charge in [-0.15, -0.1) is 5.10 Å². The molecule has 1 atom stereocenters. The molecule has 0 radical (unpaired) electrons. The summed E-state index contributed by atoms with van der Waals surface area (Å²) in [7, 11) is 1.88. The summed E-state index contributed by atoms with van der Waals surface area (Å²) in [5, 5.41) is 15.4. The second-order valence-corrected chi connectivity index (χ2v) is 14.8. The van der Waals surface area contributed by atoms with E-state index in [1.54, 1.807) is 12.4 Å². The Bertz CT molecular complexity index is 1450. The van der Waals surface area contributed by atoms with Crippen molar-refractivity contribution in [3.05, 3.63) is 84.1 Å². The van der Waals surface area contributed by atoms with Gasteiger partial charge in [0.2, 0.25) is 5.91 Å². The summed E-state index contributed by atoms with van der Waals surface area (Å²) in [5.74, 6) is 1.01. The Morgan fingerprint density at radius 2 is 1.67 bits per heavy atom. The van der Waals surface area contributed by atoms with Crippen LogP contribution in [0.15, 0.2) is 72.4 Å². The summed E-state index contributed by atoms with van der Waals surface area (Å²) in [6, 6.07) is 15.2. The first kappa shape index (κ1) is 35.5. The van der Waals surface area contributed by atoms with Crippen molar-refractivity contribution in [2.24, 2.45) is 5.10 Å². The molecular formula is C32H43N6O5PS. The van der Waals surface area contributed by atoms with Crippen molar-refractivity contribution in [3.63, 3.8) is 0 Å². The number of aryl methyl sites for hydroxylation is 1. The highest BCUT2D eigenvalue weighted by Gasteiger charge is 2.15. The molecular weight excluding hydrogens is 611 g/mol. The van der Waals surface area contributed by atoms with Gasteiger partial charge in [-0.1, -0.05) is 29.2 Å². The fourth-order valence-electron chi connectivity index (χ4n) is 3.86.